The smallest absolute Gasteiger partial charge is 0.105 e. The maximum atomic E-state index is 10.8. The van der Waals surface area contributed by atoms with Gasteiger partial charge in [0, 0.05) is 18.3 Å². The standard InChI is InChI=1S/C17H33NO3/c1-5-8-9-10-11-16(19)14-18(6-2,7-3)13-12-15(4)17(20)21/h8-9,15-16,19H,5-7,10-14H2,1-4H3/b9-8+. The molecule has 4 nitrogen and oxygen atoms in total. The van der Waals surface area contributed by atoms with E-state index in [2.05, 4.69) is 32.9 Å². The van der Waals surface area contributed by atoms with E-state index in [-0.39, 0.29) is 6.10 Å². The quantitative estimate of drug-likeness (QED) is 0.441. The minimum atomic E-state index is -0.981. The Bertz CT molecular complexity index is 311. The molecule has 2 unspecified atom stereocenters. The Balaban J connectivity index is 4.43. The van der Waals surface area contributed by atoms with E-state index in [1.54, 1.807) is 6.92 Å². The number of aliphatic hydroxyl groups is 1. The molecule has 1 N–H and O–H groups in total. The van der Waals surface area contributed by atoms with Gasteiger partial charge in [-0.1, -0.05) is 26.0 Å². The average Bonchev–Trinajstić information content (AvgIpc) is 2.47. The van der Waals surface area contributed by atoms with E-state index in [0.29, 0.717) is 13.0 Å². The molecular weight excluding hydrogens is 266 g/mol. The highest BCUT2D eigenvalue weighted by Crippen LogP contribution is 2.15. The van der Waals surface area contributed by atoms with Gasteiger partial charge in [-0.2, -0.15) is 0 Å². The van der Waals surface area contributed by atoms with Gasteiger partial charge in [-0.25, -0.2) is 0 Å². The van der Waals surface area contributed by atoms with Crippen LogP contribution in [0, 0.1) is 5.92 Å². The number of quaternary nitrogens is 1. The lowest BCUT2D eigenvalue weighted by atomic mass is 10.1. The summed E-state index contributed by atoms with van der Waals surface area (Å²) in [6.07, 6.45) is 7.21. The highest BCUT2D eigenvalue weighted by Gasteiger charge is 2.27. The second kappa shape index (κ2) is 10.8. The highest BCUT2D eigenvalue weighted by molar-refractivity contribution is 5.66. The molecule has 0 amide bonds. The van der Waals surface area contributed by atoms with Crippen LogP contribution in [-0.4, -0.2) is 47.8 Å². The van der Waals surface area contributed by atoms with Gasteiger partial charge in [0.15, 0.2) is 0 Å². The summed E-state index contributed by atoms with van der Waals surface area (Å²) in [5.41, 5.74) is 0. The average molecular weight is 299 g/mol. The zero-order chi connectivity index (χ0) is 16.3. The lowest BCUT2D eigenvalue weighted by Gasteiger charge is -2.39. The molecule has 0 aliphatic rings. The third kappa shape index (κ3) is 8.22. The van der Waals surface area contributed by atoms with E-state index in [1.807, 2.05) is 0 Å². The van der Waals surface area contributed by atoms with Crippen LogP contribution < -0.4 is 5.11 Å². The third-order valence-corrected chi connectivity index (χ3v) is 4.45. The molecule has 0 bridgehead atoms. The summed E-state index contributed by atoms with van der Waals surface area (Å²) in [5, 5.41) is 21.1. The zero-order valence-corrected chi connectivity index (χ0v) is 14.2. The van der Waals surface area contributed by atoms with Gasteiger partial charge < -0.3 is 19.5 Å². The number of carboxylic acid groups (broad SMARTS) is 1. The van der Waals surface area contributed by atoms with E-state index in [9.17, 15) is 15.0 Å². The number of rotatable bonds is 12. The molecule has 124 valence electrons. The molecule has 0 spiro atoms. The van der Waals surface area contributed by atoms with Crippen molar-refractivity contribution in [2.24, 2.45) is 5.92 Å². The number of aliphatic hydroxyl groups excluding tert-OH is 1. The van der Waals surface area contributed by atoms with Crippen molar-refractivity contribution in [2.45, 2.75) is 59.5 Å². The molecular formula is C17H33NO3. The number of carboxylic acids is 1. The van der Waals surface area contributed by atoms with Gasteiger partial charge in [-0.05, 0) is 33.1 Å². The van der Waals surface area contributed by atoms with Crippen LogP contribution in [0.4, 0.5) is 0 Å². The van der Waals surface area contributed by atoms with Crippen LogP contribution in [0.5, 0.6) is 0 Å². The largest absolute Gasteiger partial charge is 0.550 e. The van der Waals surface area contributed by atoms with Crippen molar-refractivity contribution in [1.82, 2.24) is 0 Å². The predicted octanol–water partition coefficient (Wildman–Crippen LogP) is 1.73. The lowest BCUT2D eigenvalue weighted by molar-refractivity contribution is -0.928. The fourth-order valence-corrected chi connectivity index (χ4v) is 2.59. The molecule has 0 aromatic heterocycles. The van der Waals surface area contributed by atoms with E-state index in [0.717, 1.165) is 43.4 Å². The molecule has 0 saturated carbocycles. The number of allylic oxidation sites excluding steroid dienone is 2. The molecule has 4 heteroatoms. The van der Waals surface area contributed by atoms with Crippen molar-refractivity contribution in [3.8, 4) is 0 Å². The van der Waals surface area contributed by atoms with E-state index in [4.69, 9.17) is 0 Å². The maximum absolute atomic E-state index is 10.8. The minimum absolute atomic E-state index is 0.329. The Morgan fingerprint density at radius 1 is 1.19 bits per heavy atom. The van der Waals surface area contributed by atoms with Crippen molar-refractivity contribution < 1.29 is 19.5 Å². The first-order valence-electron chi connectivity index (χ1n) is 8.29. The molecule has 0 saturated heterocycles. The van der Waals surface area contributed by atoms with Crippen molar-refractivity contribution in [2.75, 3.05) is 26.2 Å². The summed E-state index contributed by atoms with van der Waals surface area (Å²) in [5.74, 6) is -1.41. The van der Waals surface area contributed by atoms with Crippen LogP contribution in [0.1, 0.15) is 53.4 Å². The first-order valence-corrected chi connectivity index (χ1v) is 8.29. The molecule has 0 aromatic carbocycles. The molecule has 0 aliphatic carbocycles. The molecule has 0 rings (SSSR count). The number of likely N-dealkylation sites (N-methyl/N-ethyl adjacent to an activating group) is 1. The minimum Gasteiger partial charge on any atom is -0.550 e. The number of nitrogens with zero attached hydrogens (tertiary/aromatic N) is 1. The molecule has 2 atom stereocenters. The van der Waals surface area contributed by atoms with Crippen LogP contribution in [0.3, 0.4) is 0 Å². The Kier molecular flexibility index (Phi) is 10.4. The van der Waals surface area contributed by atoms with Gasteiger partial charge in [0.2, 0.25) is 0 Å². The predicted molar refractivity (Wildman–Crippen MR) is 84.5 cm³/mol. The number of carbonyl (C=O) groups is 1. The molecule has 0 radical (unpaired) electrons. The van der Waals surface area contributed by atoms with Crippen LogP contribution >= 0.6 is 0 Å². The molecule has 0 aliphatic heterocycles. The first kappa shape index (κ1) is 20.1. The second-order valence-corrected chi connectivity index (χ2v) is 6.00. The first-order chi connectivity index (χ1) is 9.90. The summed E-state index contributed by atoms with van der Waals surface area (Å²) in [6, 6.07) is 0. The molecule has 0 heterocycles. The molecule has 21 heavy (non-hydrogen) atoms. The Morgan fingerprint density at radius 2 is 1.81 bits per heavy atom. The van der Waals surface area contributed by atoms with E-state index < -0.39 is 11.9 Å². The monoisotopic (exact) mass is 299 g/mol. The SMILES string of the molecule is CC/C=C/CCC(O)C[N+](CC)(CC)CCC(C)C(=O)[O-]. The summed E-state index contributed by atoms with van der Waals surface area (Å²) >= 11 is 0. The molecule has 0 aromatic rings. The van der Waals surface area contributed by atoms with Gasteiger partial charge >= 0.3 is 0 Å². The van der Waals surface area contributed by atoms with Gasteiger partial charge in [0.05, 0.1) is 19.6 Å². The van der Waals surface area contributed by atoms with E-state index in [1.165, 1.54) is 0 Å². The van der Waals surface area contributed by atoms with Crippen molar-refractivity contribution in [1.29, 1.82) is 0 Å². The second-order valence-electron chi connectivity index (χ2n) is 6.00. The maximum Gasteiger partial charge on any atom is 0.105 e. The summed E-state index contributed by atoms with van der Waals surface area (Å²) in [7, 11) is 0. The number of hydrogen-bond donors (Lipinski definition) is 1. The van der Waals surface area contributed by atoms with Crippen LogP contribution in [0.2, 0.25) is 0 Å². The Labute approximate surface area is 130 Å². The topological polar surface area (TPSA) is 60.4 Å². The highest BCUT2D eigenvalue weighted by atomic mass is 16.4. The Morgan fingerprint density at radius 3 is 2.29 bits per heavy atom. The fourth-order valence-electron chi connectivity index (χ4n) is 2.59. The van der Waals surface area contributed by atoms with Crippen molar-refractivity contribution >= 4 is 5.97 Å². The van der Waals surface area contributed by atoms with Crippen LogP contribution in [0.25, 0.3) is 0 Å². The summed E-state index contributed by atoms with van der Waals surface area (Å²) in [6.45, 7) is 11.3. The van der Waals surface area contributed by atoms with Crippen LogP contribution in [-0.2, 0) is 4.79 Å². The van der Waals surface area contributed by atoms with Gasteiger partial charge in [-0.3, -0.25) is 0 Å². The molecule has 0 fully saturated rings. The van der Waals surface area contributed by atoms with E-state index >= 15 is 0 Å². The van der Waals surface area contributed by atoms with Crippen molar-refractivity contribution in [3.63, 3.8) is 0 Å². The van der Waals surface area contributed by atoms with Gasteiger partial charge in [0.25, 0.3) is 0 Å². The zero-order valence-electron chi connectivity index (χ0n) is 14.2. The fraction of sp³-hybridized carbons (Fsp3) is 0.824. The Hall–Kier alpha value is -0.870. The van der Waals surface area contributed by atoms with Gasteiger partial charge in [0.1, 0.15) is 12.6 Å². The number of carbonyl (C=O) groups excluding carboxylic acids is 1. The normalized spacial score (nSPS) is 15.3. The summed E-state index contributed by atoms with van der Waals surface area (Å²) in [4.78, 5) is 10.8. The van der Waals surface area contributed by atoms with Crippen LogP contribution in [0.15, 0.2) is 12.2 Å². The number of hydrogen-bond acceptors (Lipinski definition) is 3. The number of aliphatic carboxylic acids is 1. The van der Waals surface area contributed by atoms with Crippen molar-refractivity contribution in [3.05, 3.63) is 12.2 Å². The van der Waals surface area contributed by atoms with Gasteiger partial charge in [-0.15, -0.1) is 0 Å². The summed E-state index contributed by atoms with van der Waals surface area (Å²) < 4.78 is 0.774. The lowest BCUT2D eigenvalue weighted by Crippen LogP contribution is -2.53. The third-order valence-electron chi connectivity index (χ3n) is 4.45.